The molecule has 0 spiro atoms. The van der Waals surface area contributed by atoms with Gasteiger partial charge >= 0.3 is 5.97 Å². The number of unbranched alkanes of at least 4 members (excludes halogenated alkanes) is 1. The fraction of sp³-hybridized carbons (Fsp3) is 0.300. The number of benzene rings is 2. The molecule has 0 saturated heterocycles. The van der Waals surface area contributed by atoms with Crippen molar-refractivity contribution in [2.45, 2.75) is 31.9 Å². The summed E-state index contributed by atoms with van der Waals surface area (Å²) < 4.78 is 5.37. The Kier molecular flexibility index (Phi) is 7.66. The van der Waals surface area contributed by atoms with E-state index in [9.17, 15) is 9.59 Å². The molecule has 5 nitrogen and oxygen atoms in total. The molecule has 2 aromatic carbocycles. The summed E-state index contributed by atoms with van der Waals surface area (Å²) in [7, 11) is 0. The van der Waals surface area contributed by atoms with Gasteiger partial charge in [0.2, 0.25) is 0 Å². The van der Waals surface area contributed by atoms with Gasteiger partial charge in [0.25, 0.3) is 5.91 Å². The molecule has 0 saturated carbocycles. The number of nitrogens with two attached hydrogens (primary N) is 1. The van der Waals surface area contributed by atoms with Gasteiger partial charge in [-0.1, -0.05) is 48.5 Å². The number of hydrogen-bond donors (Lipinski definition) is 2. The van der Waals surface area contributed by atoms with E-state index in [0.29, 0.717) is 18.5 Å². The summed E-state index contributed by atoms with van der Waals surface area (Å²) in [6, 6.07) is 17.6. The number of amides is 1. The van der Waals surface area contributed by atoms with E-state index in [1.54, 1.807) is 24.3 Å². The molecule has 3 N–H and O–H groups in total. The Morgan fingerprint density at radius 2 is 1.60 bits per heavy atom. The molecule has 0 radical (unpaired) electrons. The maximum atomic E-state index is 12.4. The van der Waals surface area contributed by atoms with Crippen molar-refractivity contribution in [2.24, 2.45) is 5.73 Å². The van der Waals surface area contributed by atoms with Crippen LogP contribution in [0.25, 0.3) is 0 Å². The van der Waals surface area contributed by atoms with Crippen molar-refractivity contribution in [1.82, 2.24) is 5.32 Å². The molecular formula is C20H24N2O3. The molecule has 0 aliphatic rings. The first-order chi connectivity index (χ1) is 12.2. The van der Waals surface area contributed by atoms with Crippen molar-refractivity contribution < 1.29 is 14.3 Å². The molecule has 0 aromatic heterocycles. The molecule has 0 fully saturated rings. The molecule has 0 unspecified atom stereocenters. The third-order valence-electron chi connectivity index (χ3n) is 3.80. The Balaban J connectivity index is 1.96. The van der Waals surface area contributed by atoms with Crippen molar-refractivity contribution in [3.63, 3.8) is 0 Å². The summed E-state index contributed by atoms with van der Waals surface area (Å²) in [5, 5.41) is 2.77. The quantitative estimate of drug-likeness (QED) is 0.543. The van der Waals surface area contributed by atoms with Crippen molar-refractivity contribution in [2.75, 3.05) is 6.54 Å². The van der Waals surface area contributed by atoms with E-state index in [1.807, 2.05) is 36.4 Å². The lowest BCUT2D eigenvalue weighted by molar-refractivity contribution is -0.147. The van der Waals surface area contributed by atoms with E-state index in [2.05, 4.69) is 5.32 Å². The number of nitrogens with one attached hydrogen (secondary N) is 1. The van der Waals surface area contributed by atoms with Crippen molar-refractivity contribution >= 4 is 11.9 Å². The van der Waals surface area contributed by atoms with Crippen LogP contribution in [-0.2, 0) is 16.1 Å². The number of rotatable bonds is 9. The normalized spacial score (nSPS) is 11.6. The van der Waals surface area contributed by atoms with Gasteiger partial charge in [0, 0.05) is 5.56 Å². The topological polar surface area (TPSA) is 81.4 Å². The zero-order chi connectivity index (χ0) is 17.9. The van der Waals surface area contributed by atoms with Gasteiger partial charge in [-0.25, -0.2) is 4.79 Å². The summed E-state index contributed by atoms with van der Waals surface area (Å²) in [4.78, 5) is 24.7. The van der Waals surface area contributed by atoms with Crippen LogP contribution >= 0.6 is 0 Å². The fourth-order valence-corrected chi connectivity index (χ4v) is 2.40. The second kappa shape index (κ2) is 10.3. The monoisotopic (exact) mass is 340 g/mol. The molecule has 25 heavy (non-hydrogen) atoms. The van der Waals surface area contributed by atoms with Gasteiger partial charge in [0.1, 0.15) is 12.6 Å². The van der Waals surface area contributed by atoms with Crippen LogP contribution in [0.3, 0.4) is 0 Å². The highest BCUT2D eigenvalue weighted by molar-refractivity contribution is 5.96. The highest BCUT2D eigenvalue weighted by Crippen LogP contribution is 2.08. The summed E-state index contributed by atoms with van der Waals surface area (Å²) in [5.41, 5.74) is 6.94. The lowest BCUT2D eigenvalue weighted by Crippen LogP contribution is -2.41. The average Bonchev–Trinajstić information content (AvgIpc) is 2.67. The minimum absolute atomic E-state index is 0.189. The van der Waals surface area contributed by atoms with Gasteiger partial charge < -0.3 is 15.8 Å². The van der Waals surface area contributed by atoms with Gasteiger partial charge in [-0.2, -0.15) is 0 Å². The van der Waals surface area contributed by atoms with Crippen LogP contribution in [0.15, 0.2) is 60.7 Å². The maximum Gasteiger partial charge on any atom is 0.328 e. The molecule has 0 aliphatic carbocycles. The molecule has 2 rings (SSSR count). The van der Waals surface area contributed by atoms with E-state index in [-0.39, 0.29) is 12.5 Å². The minimum Gasteiger partial charge on any atom is -0.459 e. The SMILES string of the molecule is NCCCC[C@@H](NC(=O)c1ccccc1)C(=O)OCc1ccccc1. The fourth-order valence-electron chi connectivity index (χ4n) is 2.40. The molecule has 2 aromatic rings. The first-order valence-electron chi connectivity index (χ1n) is 8.47. The van der Waals surface area contributed by atoms with E-state index < -0.39 is 12.0 Å². The average molecular weight is 340 g/mol. The first kappa shape index (κ1) is 18.7. The van der Waals surface area contributed by atoms with Crippen LogP contribution < -0.4 is 11.1 Å². The van der Waals surface area contributed by atoms with Crippen LogP contribution in [0.2, 0.25) is 0 Å². The molecular weight excluding hydrogens is 316 g/mol. The van der Waals surface area contributed by atoms with Crippen molar-refractivity contribution in [1.29, 1.82) is 0 Å². The van der Waals surface area contributed by atoms with Crippen LogP contribution in [0, 0.1) is 0 Å². The Hall–Kier alpha value is -2.66. The van der Waals surface area contributed by atoms with E-state index in [4.69, 9.17) is 10.5 Å². The molecule has 132 valence electrons. The third-order valence-corrected chi connectivity index (χ3v) is 3.80. The molecule has 1 amide bonds. The summed E-state index contributed by atoms with van der Waals surface area (Å²) in [5.74, 6) is -0.708. The van der Waals surface area contributed by atoms with Gasteiger partial charge in [0.05, 0.1) is 0 Å². The lowest BCUT2D eigenvalue weighted by Gasteiger charge is -2.18. The van der Waals surface area contributed by atoms with Crippen molar-refractivity contribution in [3.05, 3.63) is 71.8 Å². The van der Waals surface area contributed by atoms with E-state index in [1.165, 1.54) is 0 Å². The Labute approximate surface area is 148 Å². The third kappa shape index (κ3) is 6.39. The second-order valence-electron chi connectivity index (χ2n) is 5.77. The number of hydrogen-bond acceptors (Lipinski definition) is 4. The van der Waals surface area contributed by atoms with Gasteiger partial charge in [-0.05, 0) is 43.5 Å². The first-order valence-corrected chi connectivity index (χ1v) is 8.47. The Morgan fingerprint density at radius 3 is 2.24 bits per heavy atom. The van der Waals surface area contributed by atoms with Gasteiger partial charge in [0.15, 0.2) is 0 Å². The molecule has 1 atom stereocenters. The largest absolute Gasteiger partial charge is 0.459 e. The zero-order valence-corrected chi connectivity index (χ0v) is 14.2. The second-order valence-corrected chi connectivity index (χ2v) is 5.77. The van der Waals surface area contributed by atoms with Crippen LogP contribution in [0.5, 0.6) is 0 Å². The van der Waals surface area contributed by atoms with Crippen LogP contribution in [0.1, 0.15) is 35.2 Å². The highest BCUT2D eigenvalue weighted by Gasteiger charge is 2.22. The number of carbonyl (C=O) groups excluding carboxylic acids is 2. The molecule has 0 heterocycles. The number of esters is 1. The minimum atomic E-state index is -0.678. The zero-order valence-electron chi connectivity index (χ0n) is 14.2. The maximum absolute atomic E-state index is 12.4. The lowest BCUT2D eigenvalue weighted by atomic mass is 10.1. The van der Waals surface area contributed by atoms with Crippen LogP contribution in [0.4, 0.5) is 0 Å². The van der Waals surface area contributed by atoms with Gasteiger partial charge in [-0.15, -0.1) is 0 Å². The Bertz CT molecular complexity index is 659. The number of carbonyl (C=O) groups is 2. The molecule has 0 bridgehead atoms. The predicted molar refractivity (Wildman–Crippen MR) is 96.8 cm³/mol. The summed E-state index contributed by atoms with van der Waals surface area (Å²) in [6.45, 7) is 0.743. The van der Waals surface area contributed by atoms with E-state index in [0.717, 1.165) is 18.4 Å². The van der Waals surface area contributed by atoms with E-state index >= 15 is 0 Å². The molecule has 5 heteroatoms. The summed E-state index contributed by atoms with van der Waals surface area (Å²) >= 11 is 0. The standard InChI is InChI=1S/C20H24N2O3/c21-14-8-7-13-18(22-19(23)17-11-5-2-6-12-17)20(24)25-15-16-9-3-1-4-10-16/h1-6,9-12,18H,7-8,13-15,21H2,(H,22,23)/t18-/m1/s1. The van der Waals surface area contributed by atoms with Gasteiger partial charge in [-0.3, -0.25) is 4.79 Å². The predicted octanol–water partition coefficient (Wildman–Crippen LogP) is 2.66. The highest BCUT2D eigenvalue weighted by atomic mass is 16.5. The molecule has 0 aliphatic heterocycles. The van der Waals surface area contributed by atoms with Crippen LogP contribution in [-0.4, -0.2) is 24.5 Å². The smallest absolute Gasteiger partial charge is 0.328 e. The van der Waals surface area contributed by atoms with Crippen molar-refractivity contribution in [3.8, 4) is 0 Å². The Morgan fingerprint density at radius 1 is 0.960 bits per heavy atom. The summed E-state index contributed by atoms with van der Waals surface area (Å²) in [6.07, 6.45) is 2.05. The number of ether oxygens (including phenoxy) is 1.